The molecule has 0 saturated carbocycles. The number of hydrogen-bond acceptors (Lipinski definition) is 6. The molecule has 164 valence electrons. The highest BCUT2D eigenvalue weighted by molar-refractivity contribution is 7.88. The number of aliphatic carboxylic acids is 1. The Balaban J connectivity index is 0.000000370. The van der Waals surface area contributed by atoms with Crippen molar-refractivity contribution < 1.29 is 41.0 Å². The van der Waals surface area contributed by atoms with Gasteiger partial charge in [0, 0.05) is 31.9 Å². The number of nitrogens with zero attached hydrogens (tertiary/aromatic N) is 2. The van der Waals surface area contributed by atoms with Gasteiger partial charge in [-0.2, -0.15) is 17.5 Å². The monoisotopic (exact) mass is 440 g/mol. The van der Waals surface area contributed by atoms with Crippen LogP contribution in [0.15, 0.2) is 24.5 Å². The Labute approximate surface area is 166 Å². The van der Waals surface area contributed by atoms with Crippen LogP contribution in [-0.2, 0) is 30.9 Å². The van der Waals surface area contributed by atoms with Gasteiger partial charge in [0.15, 0.2) is 0 Å². The molecule has 1 aromatic heterocycles. The van der Waals surface area contributed by atoms with Crippen LogP contribution in [0.3, 0.4) is 0 Å². The van der Waals surface area contributed by atoms with Crippen LogP contribution in [-0.4, -0.2) is 72.6 Å². The zero-order chi connectivity index (χ0) is 21.7. The quantitative estimate of drug-likeness (QED) is 0.761. The zero-order valence-corrected chi connectivity index (χ0v) is 16.6. The van der Waals surface area contributed by atoms with Gasteiger partial charge >= 0.3 is 12.1 Å². The Kier molecular flexibility index (Phi) is 7.60. The lowest BCUT2D eigenvalue weighted by molar-refractivity contribution is -0.192. The third-order valence-corrected chi connectivity index (χ3v) is 5.85. The van der Waals surface area contributed by atoms with Gasteiger partial charge in [0.1, 0.15) is 0 Å². The number of halogens is 3. The topological polar surface area (TPSA) is 106 Å². The normalized spacial score (nSPS) is 25.4. The van der Waals surface area contributed by atoms with E-state index < -0.39 is 22.2 Å². The molecule has 1 spiro atoms. The van der Waals surface area contributed by atoms with Crippen LogP contribution in [0.2, 0.25) is 0 Å². The van der Waals surface area contributed by atoms with E-state index in [2.05, 4.69) is 4.98 Å². The van der Waals surface area contributed by atoms with Crippen molar-refractivity contribution >= 4 is 16.0 Å². The van der Waals surface area contributed by atoms with E-state index in [4.69, 9.17) is 19.4 Å². The van der Waals surface area contributed by atoms with Gasteiger partial charge in [-0.05, 0) is 24.5 Å². The maximum absolute atomic E-state index is 11.8. The molecule has 1 aromatic rings. The van der Waals surface area contributed by atoms with E-state index in [1.54, 1.807) is 12.4 Å². The average molecular weight is 440 g/mol. The maximum Gasteiger partial charge on any atom is 0.490 e. The molecule has 0 bridgehead atoms. The fraction of sp³-hybridized carbons (Fsp3) is 0.647. The number of pyridine rings is 1. The van der Waals surface area contributed by atoms with Crippen molar-refractivity contribution in [3.63, 3.8) is 0 Å². The Hall–Kier alpha value is -1.76. The van der Waals surface area contributed by atoms with Crippen LogP contribution < -0.4 is 0 Å². The SMILES string of the molecule is CS(=O)(=O)N1CCC[C@]2(C[C@H](OCc3cccnc3)CO2)C1.O=C(O)C(F)(F)F. The number of sulfonamides is 1. The number of carboxylic acid groups (broad SMARTS) is 1. The molecule has 0 amide bonds. The standard InChI is InChI=1S/C15H22N2O4S.C2HF3O2/c1-22(18,19)17-7-3-5-15(12-17)8-14(11-21-15)20-10-13-4-2-6-16-9-13;3-2(4,5)1(6)7/h2,4,6,9,14H,3,5,7-8,10-12H2,1H3;(H,6,7)/t14-,15-;/m0./s1. The van der Waals surface area contributed by atoms with Crippen LogP contribution in [0.25, 0.3) is 0 Å². The molecule has 1 N–H and O–H groups in total. The summed E-state index contributed by atoms with van der Waals surface area (Å²) in [6.07, 6.45) is 2.20. The predicted octanol–water partition coefficient (Wildman–Crippen LogP) is 1.81. The second-order valence-corrected chi connectivity index (χ2v) is 8.98. The van der Waals surface area contributed by atoms with Gasteiger partial charge in [-0.1, -0.05) is 6.07 Å². The van der Waals surface area contributed by atoms with Gasteiger partial charge < -0.3 is 14.6 Å². The first-order valence-corrected chi connectivity index (χ1v) is 10.7. The number of rotatable bonds is 4. The minimum Gasteiger partial charge on any atom is -0.475 e. The van der Waals surface area contributed by atoms with Gasteiger partial charge in [0.05, 0.1) is 31.2 Å². The van der Waals surface area contributed by atoms with E-state index in [-0.39, 0.29) is 11.7 Å². The summed E-state index contributed by atoms with van der Waals surface area (Å²) in [5.74, 6) is -2.76. The lowest BCUT2D eigenvalue weighted by Crippen LogP contribution is -2.49. The maximum atomic E-state index is 11.8. The van der Waals surface area contributed by atoms with Crippen molar-refractivity contribution in [3.05, 3.63) is 30.1 Å². The summed E-state index contributed by atoms with van der Waals surface area (Å²) in [5.41, 5.74) is 0.658. The van der Waals surface area contributed by atoms with Gasteiger partial charge in [-0.3, -0.25) is 4.98 Å². The molecule has 2 saturated heterocycles. The fourth-order valence-corrected chi connectivity index (χ4v) is 4.16. The first-order valence-electron chi connectivity index (χ1n) is 8.81. The molecule has 2 atom stereocenters. The summed E-state index contributed by atoms with van der Waals surface area (Å²) in [6, 6.07) is 3.86. The summed E-state index contributed by atoms with van der Waals surface area (Å²) >= 11 is 0. The lowest BCUT2D eigenvalue weighted by Gasteiger charge is -2.38. The van der Waals surface area contributed by atoms with Crippen molar-refractivity contribution in [1.29, 1.82) is 0 Å². The Morgan fingerprint density at radius 3 is 2.72 bits per heavy atom. The molecular weight excluding hydrogens is 417 g/mol. The zero-order valence-electron chi connectivity index (χ0n) is 15.8. The molecule has 3 rings (SSSR count). The highest BCUT2D eigenvalue weighted by Gasteiger charge is 2.45. The molecule has 3 heterocycles. The van der Waals surface area contributed by atoms with E-state index in [1.165, 1.54) is 10.6 Å². The second-order valence-electron chi connectivity index (χ2n) is 7.00. The van der Waals surface area contributed by atoms with Crippen molar-refractivity contribution in [2.24, 2.45) is 0 Å². The first-order chi connectivity index (χ1) is 13.4. The van der Waals surface area contributed by atoms with Gasteiger partial charge in [-0.15, -0.1) is 0 Å². The van der Waals surface area contributed by atoms with Crippen LogP contribution in [0.5, 0.6) is 0 Å². The second kappa shape index (κ2) is 9.37. The number of aromatic nitrogens is 1. The summed E-state index contributed by atoms with van der Waals surface area (Å²) in [4.78, 5) is 13.0. The summed E-state index contributed by atoms with van der Waals surface area (Å²) in [5, 5.41) is 7.12. The molecule has 12 heteroatoms. The van der Waals surface area contributed by atoms with E-state index in [0.29, 0.717) is 26.3 Å². The van der Waals surface area contributed by atoms with Crippen LogP contribution in [0, 0.1) is 0 Å². The van der Waals surface area contributed by atoms with Gasteiger partial charge in [-0.25, -0.2) is 13.2 Å². The fourth-order valence-electron chi connectivity index (χ4n) is 3.23. The minimum absolute atomic E-state index is 0.0136. The number of alkyl halides is 3. The van der Waals surface area contributed by atoms with Crippen LogP contribution >= 0.6 is 0 Å². The number of carbonyl (C=O) groups is 1. The highest BCUT2D eigenvalue weighted by atomic mass is 32.2. The smallest absolute Gasteiger partial charge is 0.475 e. The summed E-state index contributed by atoms with van der Waals surface area (Å²) in [6.45, 7) is 2.06. The summed E-state index contributed by atoms with van der Waals surface area (Å²) < 4.78 is 68.6. The average Bonchev–Trinajstić information content (AvgIpc) is 3.02. The number of piperidine rings is 1. The van der Waals surface area contributed by atoms with E-state index in [9.17, 15) is 21.6 Å². The van der Waals surface area contributed by atoms with Crippen molar-refractivity contribution in [3.8, 4) is 0 Å². The number of carboxylic acids is 1. The molecule has 2 aliphatic heterocycles. The lowest BCUT2D eigenvalue weighted by atomic mass is 9.90. The Morgan fingerprint density at radius 2 is 2.17 bits per heavy atom. The first kappa shape index (κ1) is 23.5. The molecule has 0 unspecified atom stereocenters. The third kappa shape index (κ3) is 7.21. The van der Waals surface area contributed by atoms with E-state index >= 15 is 0 Å². The van der Waals surface area contributed by atoms with E-state index in [0.717, 1.165) is 24.8 Å². The van der Waals surface area contributed by atoms with Crippen molar-refractivity contribution in [2.45, 2.75) is 43.8 Å². The molecule has 8 nitrogen and oxygen atoms in total. The highest BCUT2D eigenvalue weighted by Crippen LogP contribution is 2.36. The van der Waals surface area contributed by atoms with Crippen molar-refractivity contribution in [1.82, 2.24) is 9.29 Å². The van der Waals surface area contributed by atoms with Gasteiger partial charge in [0.25, 0.3) is 0 Å². The molecule has 29 heavy (non-hydrogen) atoms. The Morgan fingerprint density at radius 1 is 1.48 bits per heavy atom. The number of ether oxygens (including phenoxy) is 2. The molecule has 0 aliphatic carbocycles. The minimum atomic E-state index is -5.08. The predicted molar refractivity (Wildman–Crippen MR) is 95.5 cm³/mol. The van der Waals surface area contributed by atoms with Gasteiger partial charge in [0.2, 0.25) is 10.0 Å². The molecular formula is C17H23F3N2O6S. The molecule has 0 radical (unpaired) electrons. The number of hydrogen-bond donors (Lipinski definition) is 1. The largest absolute Gasteiger partial charge is 0.490 e. The summed E-state index contributed by atoms with van der Waals surface area (Å²) in [7, 11) is -3.16. The Bertz CT molecular complexity index is 790. The van der Waals surface area contributed by atoms with Crippen LogP contribution in [0.1, 0.15) is 24.8 Å². The van der Waals surface area contributed by atoms with Crippen LogP contribution in [0.4, 0.5) is 13.2 Å². The van der Waals surface area contributed by atoms with Crippen molar-refractivity contribution in [2.75, 3.05) is 26.0 Å². The molecule has 2 aliphatic rings. The third-order valence-electron chi connectivity index (χ3n) is 4.60. The molecule has 0 aromatic carbocycles. The molecule has 2 fully saturated rings. The van der Waals surface area contributed by atoms with E-state index in [1.807, 2.05) is 12.1 Å².